The van der Waals surface area contributed by atoms with Crippen molar-refractivity contribution in [3.63, 3.8) is 0 Å². The lowest BCUT2D eigenvalue weighted by molar-refractivity contribution is 0.312. The Morgan fingerprint density at radius 3 is 2.38 bits per heavy atom. The van der Waals surface area contributed by atoms with Crippen molar-refractivity contribution >= 4 is 11.8 Å². The largest absolute Gasteiger partial charge is 0.357 e. The van der Waals surface area contributed by atoms with Crippen LogP contribution in [0.2, 0.25) is 0 Å². The monoisotopic (exact) mass is 394 g/mol. The van der Waals surface area contributed by atoms with Gasteiger partial charge in [-0.15, -0.1) is 0 Å². The third-order valence-electron chi connectivity index (χ3n) is 5.28. The van der Waals surface area contributed by atoms with Gasteiger partial charge in [0, 0.05) is 52.5 Å². The van der Waals surface area contributed by atoms with Gasteiger partial charge in [0.05, 0.1) is 6.54 Å². The fourth-order valence-electron chi connectivity index (χ4n) is 3.41. The smallest absolute Gasteiger partial charge is 0.194 e. The summed E-state index contributed by atoms with van der Waals surface area (Å²) in [6.45, 7) is 10.8. The molecule has 0 atom stereocenters. The highest BCUT2D eigenvalue weighted by atomic mass is 15.3. The number of aliphatic imine (C=N–C) groups is 1. The highest BCUT2D eigenvalue weighted by Crippen LogP contribution is 2.14. The third-order valence-corrected chi connectivity index (χ3v) is 5.28. The summed E-state index contributed by atoms with van der Waals surface area (Å²) in [5.74, 6) is 1.98. The van der Waals surface area contributed by atoms with Gasteiger partial charge >= 0.3 is 0 Å². The molecule has 0 aliphatic carbocycles. The molecule has 2 heterocycles. The predicted octanol–water partition coefficient (Wildman–Crippen LogP) is 2.74. The Balaban J connectivity index is 1.61. The predicted molar refractivity (Wildman–Crippen MR) is 121 cm³/mol. The molecule has 29 heavy (non-hydrogen) atoms. The number of guanidine groups is 1. The third kappa shape index (κ3) is 6.19. The lowest BCUT2D eigenvalue weighted by Crippen LogP contribution is -2.44. The van der Waals surface area contributed by atoms with Crippen molar-refractivity contribution < 1.29 is 0 Å². The first-order valence-electron chi connectivity index (χ1n) is 10.5. The van der Waals surface area contributed by atoms with Gasteiger partial charge < -0.3 is 20.0 Å². The number of hydrogen-bond acceptors (Lipinski definition) is 4. The van der Waals surface area contributed by atoms with Crippen LogP contribution < -0.4 is 10.2 Å². The van der Waals surface area contributed by atoms with Gasteiger partial charge in [-0.05, 0) is 38.1 Å². The van der Waals surface area contributed by atoms with Crippen molar-refractivity contribution in [2.75, 3.05) is 51.7 Å². The van der Waals surface area contributed by atoms with Crippen molar-refractivity contribution in [3.8, 4) is 0 Å². The van der Waals surface area contributed by atoms with Gasteiger partial charge in [-0.2, -0.15) is 0 Å². The average Bonchev–Trinajstić information content (AvgIpc) is 2.74. The number of piperazine rings is 1. The summed E-state index contributed by atoms with van der Waals surface area (Å²) in [6.07, 6.45) is 1.96. The standard InChI is InChI=1S/C23H34N6/c1-5-24-23(28(4)18-20-8-6-19(2)7-9-20)26-17-21-10-11-22(25-16-21)29-14-12-27(3)13-15-29/h6-11,16H,5,12-15,17-18H2,1-4H3,(H,24,26). The summed E-state index contributed by atoms with van der Waals surface area (Å²) in [5.41, 5.74) is 3.69. The molecule has 1 aliphatic rings. The second kappa shape index (κ2) is 10.3. The van der Waals surface area contributed by atoms with Crippen LogP contribution in [0.4, 0.5) is 5.82 Å². The van der Waals surface area contributed by atoms with E-state index in [-0.39, 0.29) is 0 Å². The van der Waals surface area contributed by atoms with E-state index < -0.39 is 0 Å². The van der Waals surface area contributed by atoms with Gasteiger partial charge in [0.1, 0.15) is 5.82 Å². The van der Waals surface area contributed by atoms with Crippen molar-refractivity contribution in [2.24, 2.45) is 4.99 Å². The normalized spacial score (nSPS) is 15.4. The van der Waals surface area contributed by atoms with E-state index in [1.807, 2.05) is 6.20 Å². The highest BCUT2D eigenvalue weighted by molar-refractivity contribution is 5.79. The van der Waals surface area contributed by atoms with Crippen LogP contribution in [0.3, 0.4) is 0 Å². The second-order valence-corrected chi connectivity index (χ2v) is 7.83. The van der Waals surface area contributed by atoms with Gasteiger partial charge in [-0.25, -0.2) is 9.98 Å². The minimum atomic E-state index is 0.622. The van der Waals surface area contributed by atoms with E-state index in [2.05, 4.69) is 89.3 Å². The first kappa shape index (κ1) is 21.1. The SMILES string of the molecule is CCNC(=NCc1ccc(N2CCN(C)CC2)nc1)N(C)Cc1ccc(C)cc1. The van der Waals surface area contributed by atoms with E-state index in [4.69, 9.17) is 4.99 Å². The van der Waals surface area contributed by atoms with Crippen LogP contribution >= 0.6 is 0 Å². The number of anilines is 1. The molecule has 0 radical (unpaired) electrons. The van der Waals surface area contributed by atoms with Crippen LogP contribution in [0.15, 0.2) is 47.6 Å². The summed E-state index contributed by atoms with van der Waals surface area (Å²) >= 11 is 0. The van der Waals surface area contributed by atoms with Crippen molar-refractivity contribution in [3.05, 3.63) is 59.3 Å². The van der Waals surface area contributed by atoms with Gasteiger partial charge in [-0.3, -0.25) is 0 Å². The molecule has 6 nitrogen and oxygen atoms in total. The number of nitrogens with one attached hydrogen (secondary N) is 1. The molecule has 0 saturated carbocycles. The molecule has 1 N–H and O–H groups in total. The zero-order valence-electron chi connectivity index (χ0n) is 18.2. The zero-order valence-corrected chi connectivity index (χ0v) is 18.2. The van der Waals surface area contributed by atoms with Gasteiger partial charge in [0.2, 0.25) is 0 Å². The van der Waals surface area contributed by atoms with E-state index in [0.29, 0.717) is 6.54 Å². The molecular weight excluding hydrogens is 360 g/mol. The van der Waals surface area contributed by atoms with E-state index in [1.54, 1.807) is 0 Å². The minimum Gasteiger partial charge on any atom is -0.357 e. The second-order valence-electron chi connectivity index (χ2n) is 7.83. The molecule has 0 amide bonds. The molecule has 1 saturated heterocycles. The number of likely N-dealkylation sites (N-methyl/N-ethyl adjacent to an activating group) is 1. The minimum absolute atomic E-state index is 0.622. The zero-order chi connectivity index (χ0) is 20.6. The first-order valence-corrected chi connectivity index (χ1v) is 10.5. The Morgan fingerprint density at radius 2 is 1.76 bits per heavy atom. The molecule has 1 aromatic heterocycles. The van der Waals surface area contributed by atoms with Gasteiger partial charge in [-0.1, -0.05) is 35.9 Å². The van der Waals surface area contributed by atoms with Crippen LogP contribution in [-0.4, -0.2) is 67.6 Å². The van der Waals surface area contributed by atoms with Crippen molar-refractivity contribution in [2.45, 2.75) is 26.9 Å². The quantitative estimate of drug-likeness (QED) is 0.603. The van der Waals surface area contributed by atoms with Crippen molar-refractivity contribution in [1.82, 2.24) is 20.1 Å². The van der Waals surface area contributed by atoms with Crippen molar-refractivity contribution in [1.29, 1.82) is 0 Å². The fraction of sp³-hybridized carbons (Fsp3) is 0.478. The molecule has 0 bridgehead atoms. The number of rotatable bonds is 6. The van der Waals surface area contributed by atoms with E-state index in [1.165, 1.54) is 11.1 Å². The molecule has 156 valence electrons. The Kier molecular flexibility index (Phi) is 7.47. The molecule has 1 aliphatic heterocycles. The average molecular weight is 395 g/mol. The van der Waals surface area contributed by atoms with Crippen LogP contribution in [0.25, 0.3) is 0 Å². The van der Waals surface area contributed by atoms with Crippen LogP contribution in [0.5, 0.6) is 0 Å². The lowest BCUT2D eigenvalue weighted by Gasteiger charge is -2.33. The van der Waals surface area contributed by atoms with E-state index in [9.17, 15) is 0 Å². The lowest BCUT2D eigenvalue weighted by atomic mass is 10.1. The Hall–Kier alpha value is -2.60. The maximum absolute atomic E-state index is 4.82. The van der Waals surface area contributed by atoms with Crippen LogP contribution in [0.1, 0.15) is 23.6 Å². The summed E-state index contributed by atoms with van der Waals surface area (Å²) in [5, 5.41) is 3.39. The molecule has 3 rings (SSSR count). The maximum atomic E-state index is 4.82. The Labute approximate surface area is 175 Å². The molecule has 0 unspecified atom stereocenters. The molecular formula is C23H34N6. The van der Waals surface area contributed by atoms with Crippen LogP contribution in [-0.2, 0) is 13.1 Å². The first-order chi connectivity index (χ1) is 14.0. The van der Waals surface area contributed by atoms with E-state index in [0.717, 1.165) is 56.6 Å². The fourth-order valence-corrected chi connectivity index (χ4v) is 3.41. The number of hydrogen-bond donors (Lipinski definition) is 1. The Morgan fingerprint density at radius 1 is 1.07 bits per heavy atom. The number of aromatic nitrogens is 1. The maximum Gasteiger partial charge on any atom is 0.194 e. The summed E-state index contributed by atoms with van der Waals surface area (Å²) in [4.78, 5) is 16.4. The molecule has 0 spiro atoms. The molecule has 1 fully saturated rings. The summed E-state index contributed by atoms with van der Waals surface area (Å²) < 4.78 is 0. The Bertz CT molecular complexity index is 776. The van der Waals surface area contributed by atoms with Crippen LogP contribution in [0, 0.1) is 6.92 Å². The highest BCUT2D eigenvalue weighted by Gasteiger charge is 2.15. The molecule has 1 aromatic carbocycles. The van der Waals surface area contributed by atoms with Gasteiger partial charge in [0.25, 0.3) is 0 Å². The summed E-state index contributed by atoms with van der Waals surface area (Å²) in [6, 6.07) is 12.9. The number of nitrogens with zero attached hydrogens (tertiary/aromatic N) is 5. The topological polar surface area (TPSA) is 47.0 Å². The molecule has 6 heteroatoms. The summed E-state index contributed by atoms with van der Waals surface area (Å²) in [7, 11) is 4.25. The molecule has 2 aromatic rings. The van der Waals surface area contributed by atoms with E-state index >= 15 is 0 Å². The van der Waals surface area contributed by atoms with Gasteiger partial charge in [0.15, 0.2) is 5.96 Å². The number of pyridine rings is 1. The number of benzene rings is 1. The number of aryl methyl sites for hydroxylation is 1.